The van der Waals surface area contributed by atoms with Gasteiger partial charge >= 0.3 is 12.0 Å². The number of para-hydroxylation sites is 1. The number of piperidine rings is 1. The van der Waals surface area contributed by atoms with Crippen molar-refractivity contribution in [2.24, 2.45) is 11.8 Å². The smallest absolute Gasteiger partial charge is 0.323 e. The average molecular weight is 525 g/mol. The van der Waals surface area contributed by atoms with Crippen LogP contribution in [-0.2, 0) is 9.59 Å². The van der Waals surface area contributed by atoms with Crippen molar-refractivity contribution in [2.75, 3.05) is 37.4 Å². The van der Waals surface area contributed by atoms with E-state index in [0.717, 1.165) is 55.7 Å². The van der Waals surface area contributed by atoms with Crippen molar-refractivity contribution in [3.8, 4) is 5.75 Å². The SMILES string of the molecule is COc1cc(C(CC2CCN(CC(C)CC(=O)O)CC2)NC(C)=O)ccc1NC(=O)Nc1ccccc1C. The average Bonchev–Trinajstić information content (AvgIpc) is 2.85. The van der Waals surface area contributed by atoms with E-state index in [1.165, 1.54) is 6.92 Å². The minimum absolute atomic E-state index is 0.103. The zero-order valence-corrected chi connectivity index (χ0v) is 22.8. The first-order valence-corrected chi connectivity index (χ1v) is 13.2. The van der Waals surface area contributed by atoms with Crippen LogP contribution in [0.5, 0.6) is 5.75 Å². The number of amides is 3. The van der Waals surface area contributed by atoms with E-state index in [9.17, 15) is 14.4 Å². The third-order valence-electron chi connectivity index (χ3n) is 7.02. The third-order valence-corrected chi connectivity index (χ3v) is 7.02. The second-order valence-electron chi connectivity index (χ2n) is 10.3. The highest BCUT2D eigenvalue weighted by atomic mass is 16.5. The number of nitrogens with zero attached hydrogens (tertiary/aromatic N) is 1. The first kappa shape index (κ1) is 29.0. The number of ether oxygens (including phenoxy) is 1. The Hall–Kier alpha value is -3.59. The predicted octanol–water partition coefficient (Wildman–Crippen LogP) is 5.04. The first-order valence-electron chi connectivity index (χ1n) is 13.2. The summed E-state index contributed by atoms with van der Waals surface area (Å²) in [6, 6.07) is 12.6. The van der Waals surface area contributed by atoms with E-state index in [-0.39, 0.29) is 30.3 Å². The van der Waals surface area contributed by atoms with Gasteiger partial charge in [-0.15, -0.1) is 0 Å². The summed E-state index contributed by atoms with van der Waals surface area (Å²) < 4.78 is 5.58. The molecule has 3 amide bonds. The molecular formula is C29H40N4O5. The molecule has 2 aromatic carbocycles. The summed E-state index contributed by atoms with van der Waals surface area (Å²) in [5.74, 6) is 0.207. The van der Waals surface area contributed by atoms with Crippen molar-refractivity contribution in [3.05, 3.63) is 53.6 Å². The van der Waals surface area contributed by atoms with Gasteiger partial charge in [0.15, 0.2) is 0 Å². The highest BCUT2D eigenvalue weighted by Crippen LogP contribution is 2.33. The lowest BCUT2D eigenvalue weighted by Gasteiger charge is -2.35. The summed E-state index contributed by atoms with van der Waals surface area (Å²) in [7, 11) is 1.55. The second-order valence-corrected chi connectivity index (χ2v) is 10.3. The Balaban J connectivity index is 1.64. The number of carboxylic acid groups (broad SMARTS) is 1. The van der Waals surface area contributed by atoms with E-state index in [1.54, 1.807) is 13.2 Å². The molecule has 1 heterocycles. The first-order chi connectivity index (χ1) is 18.1. The van der Waals surface area contributed by atoms with Crippen molar-refractivity contribution in [2.45, 2.75) is 52.5 Å². The summed E-state index contributed by atoms with van der Waals surface area (Å²) in [6.45, 7) is 8.05. The van der Waals surface area contributed by atoms with Gasteiger partial charge in [-0.25, -0.2) is 4.79 Å². The Kier molecular flexibility index (Phi) is 10.5. The van der Waals surface area contributed by atoms with Crippen molar-refractivity contribution < 1.29 is 24.2 Å². The number of aliphatic carboxylic acids is 1. The standard InChI is InChI=1S/C29H40N4O5/c1-19(15-28(35)36)18-33-13-11-22(12-14-33)16-26(30-21(3)34)23-9-10-25(27(17-23)38-4)32-29(37)31-24-8-6-5-7-20(24)2/h5-10,17,19,22,26H,11-16,18H2,1-4H3,(H,30,34)(H,35,36)(H2,31,32,37). The van der Waals surface area contributed by atoms with Crippen LogP contribution < -0.4 is 20.7 Å². The Morgan fingerprint density at radius 2 is 1.76 bits per heavy atom. The van der Waals surface area contributed by atoms with Crippen LogP contribution in [0.15, 0.2) is 42.5 Å². The molecule has 0 aromatic heterocycles. The van der Waals surface area contributed by atoms with Gasteiger partial charge in [0.25, 0.3) is 0 Å². The van der Waals surface area contributed by atoms with Crippen molar-refractivity contribution in [1.29, 1.82) is 0 Å². The van der Waals surface area contributed by atoms with Crippen LogP contribution in [0, 0.1) is 18.8 Å². The minimum Gasteiger partial charge on any atom is -0.495 e. The highest BCUT2D eigenvalue weighted by Gasteiger charge is 2.25. The van der Waals surface area contributed by atoms with Crippen LogP contribution in [0.1, 0.15) is 56.7 Å². The molecule has 4 N–H and O–H groups in total. The molecule has 0 aliphatic carbocycles. The molecule has 0 saturated carbocycles. The number of rotatable bonds is 11. The van der Waals surface area contributed by atoms with Gasteiger partial charge in [0, 0.05) is 25.6 Å². The van der Waals surface area contributed by atoms with Crippen LogP contribution >= 0.6 is 0 Å². The molecule has 206 valence electrons. The van der Waals surface area contributed by atoms with E-state index in [0.29, 0.717) is 17.4 Å². The van der Waals surface area contributed by atoms with Crippen LogP contribution in [0.2, 0.25) is 0 Å². The summed E-state index contributed by atoms with van der Waals surface area (Å²) in [5.41, 5.74) is 3.14. The van der Waals surface area contributed by atoms with E-state index < -0.39 is 5.97 Å². The minimum atomic E-state index is -0.755. The molecule has 0 spiro atoms. The lowest BCUT2D eigenvalue weighted by molar-refractivity contribution is -0.138. The molecule has 2 aromatic rings. The summed E-state index contributed by atoms with van der Waals surface area (Å²) in [5, 5.41) is 17.8. The van der Waals surface area contributed by atoms with Gasteiger partial charge in [0.2, 0.25) is 5.91 Å². The largest absolute Gasteiger partial charge is 0.495 e. The predicted molar refractivity (Wildman–Crippen MR) is 149 cm³/mol. The van der Waals surface area contributed by atoms with Crippen molar-refractivity contribution in [3.63, 3.8) is 0 Å². The highest BCUT2D eigenvalue weighted by molar-refractivity contribution is 6.01. The van der Waals surface area contributed by atoms with Gasteiger partial charge in [-0.1, -0.05) is 31.2 Å². The number of hydrogen-bond acceptors (Lipinski definition) is 5. The number of hydrogen-bond donors (Lipinski definition) is 4. The summed E-state index contributed by atoms with van der Waals surface area (Å²) in [4.78, 5) is 37.9. The molecule has 2 atom stereocenters. The number of carbonyl (C=O) groups excluding carboxylic acids is 2. The fraction of sp³-hybridized carbons (Fsp3) is 0.483. The Labute approximate surface area is 224 Å². The molecule has 2 unspecified atom stereocenters. The lowest BCUT2D eigenvalue weighted by Crippen LogP contribution is -2.38. The van der Waals surface area contributed by atoms with E-state index in [4.69, 9.17) is 9.84 Å². The number of urea groups is 1. The molecule has 1 fully saturated rings. The fourth-order valence-electron chi connectivity index (χ4n) is 5.08. The second kappa shape index (κ2) is 13.8. The Morgan fingerprint density at radius 1 is 1.08 bits per heavy atom. The number of carbonyl (C=O) groups is 3. The number of benzene rings is 2. The van der Waals surface area contributed by atoms with Crippen LogP contribution in [0.25, 0.3) is 0 Å². The zero-order chi connectivity index (χ0) is 27.7. The number of aryl methyl sites for hydroxylation is 1. The molecule has 1 saturated heterocycles. The molecule has 3 rings (SSSR count). The van der Waals surface area contributed by atoms with Gasteiger partial charge in [-0.3, -0.25) is 9.59 Å². The van der Waals surface area contributed by atoms with E-state index in [2.05, 4.69) is 20.9 Å². The zero-order valence-electron chi connectivity index (χ0n) is 22.8. The molecule has 0 bridgehead atoms. The number of methoxy groups -OCH3 is 1. The fourth-order valence-corrected chi connectivity index (χ4v) is 5.08. The van der Waals surface area contributed by atoms with Crippen molar-refractivity contribution in [1.82, 2.24) is 10.2 Å². The number of carboxylic acids is 1. The topological polar surface area (TPSA) is 120 Å². The Morgan fingerprint density at radius 3 is 2.39 bits per heavy atom. The van der Waals surface area contributed by atoms with Crippen LogP contribution in [-0.4, -0.2) is 54.7 Å². The van der Waals surface area contributed by atoms with Gasteiger partial charge in [-0.2, -0.15) is 0 Å². The van der Waals surface area contributed by atoms with Gasteiger partial charge in [0.05, 0.1) is 18.8 Å². The normalized spacial score (nSPS) is 15.8. The number of anilines is 2. The molecule has 1 aliphatic heterocycles. The summed E-state index contributed by atoms with van der Waals surface area (Å²) >= 11 is 0. The van der Waals surface area contributed by atoms with E-state index >= 15 is 0 Å². The van der Waals surface area contributed by atoms with Gasteiger partial charge in [0.1, 0.15) is 5.75 Å². The molecule has 9 heteroatoms. The molecule has 9 nitrogen and oxygen atoms in total. The lowest BCUT2D eigenvalue weighted by atomic mass is 9.87. The summed E-state index contributed by atoms with van der Waals surface area (Å²) in [6.07, 6.45) is 2.96. The number of likely N-dealkylation sites (tertiary alicyclic amines) is 1. The van der Waals surface area contributed by atoms with Crippen LogP contribution in [0.4, 0.5) is 16.2 Å². The van der Waals surface area contributed by atoms with Crippen LogP contribution in [0.3, 0.4) is 0 Å². The van der Waals surface area contributed by atoms with Gasteiger partial charge < -0.3 is 30.7 Å². The molecular weight excluding hydrogens is 484 g/mol. The maximum Gasteiger partial charge on any atom is 0.323 e. The Bertz CT molecular complexity index is 1110. The van der Waals surface area contributed by atoms with Crippen molar-refractivity contribution >= 4 is 29.3 Å². The molecule has 38 heavy (non-hydrogen) atoms. The maximum absolute atomic E-state index is 12.6. The quantitative estimate of drug-likeness (QED) is 0.327. The molecule has 0 radical (unpaired) electrons. The number of nitrogens with one attached hydrogen (secondary N) is 3. The van der Waals surface area contributed by atoms with E-state index in [1.807, 2.05) is 50.2 Å². The van der Waals surface area contributed by atoms with Gasteiger partial charge in [-0.05, 0) is 80.4 Å². The monoisotopic (exact) mass is 524 g/mol. The molecule has 1 aliphatic rings. The maximum atomic E-state index is 12.6. The third kappa shape index (κ3) is 8.76.